The molecule has 102 valence electrons. The molecular formula is C13H27NO3. The number of rotatable bonds is 12. The van der Waals surface area contributed by atoms with Crippen LogP contribution in [0.15, 0.2) is 0 Å². The van der Waals surface area contributed by atoms with Crippen LogP contribution in [-0.2, 0) is 9.53 Å². The van der Waals surface area contributed by atoms with Crippen LogP contribution in [-0.4, -0.2) is 36.9 Å². The van der Waals surface area contributed by atoms with Gasteiger partial charge in [-0.1, -0.05) is 6.42 Å². The maximum absolute atomic E-state index is 10.3. The van der Waals surface area contributed by atoms with E-state index >= 15 is 0 Å². The number of hydrogen-bond acceptors (Lipinski definition) is 3. The summed E-state index contributed by atoms with van der Waals surface area (Å²) >= 11 is 0. The lowest BCUT2D eigenvalue weighted by Gasteiger charge is -2.07. The lowest BCUT2D eigenvalue weighted by molar-refractivity contribution is -0.137. The Hall–Kier alpha value is -0.610. The second kappa shape index (κ2) is 11.9. The molecule has 0 amide bonds. The first-order chi connectivity index (χ1) is 8.13. The molecule has 0 aromatic carbocycles. The molecule has 0 saturated carbocycles. The molecule has 0 aliphatic rings. The number of unbranched alkanes of at least 4 members (excludes halogenated alkanes) is 3. The summed E-state index contributed by atoms with van der Waals surface area (Å²) in [5, 5.41) is 11.8. The van der Waals surface area contributed by atoms with Crippen molar-refractivity contribution in [2.45, 2.75) is 58.5 Å². The largest absolute Gasteiger partial charge is 0.481 e. The summed E-state index contributed by atoms with van der Waals surface area (Å²) in [4.78, 5) is 10.3. The Morgan fingerprint density at radius 2 is 1.76 bits per heavy atom. The minimum Gasteiger partial charge on any atom is -0.481 e. The van der Waals surface area contributed by atoms with Crippen LogP contribution in [0.25, 0.3) is 0 Å². The van der Waals surface area contributed by atoms with Gasteiger partial charge >= 0.3 is 5.97 Å². The Balaban J connectivity index is 2.96. The number of nitrogens with one attached hydrogen (secondary N) is 1. The normalized spacial score (nSPS) is 11.0. The zero-order chi connectivity index (χ0) is 12.9. The number of carbonyl (C=O) groups is 1. The first-order valence-electron chi connectivity index (χ1n) is 6.67. The van der Waals surface area contributed by atoms with Crippen LogP contribution in [0.1, 0.15) is 52.4 Å². The highest BCUT2D eigenvalue weighted by Crippen LogP contribution is 1.98. The van der Waals surface area contributed by atoms with Gasteiger partial charge in [0.1, 0.15) is 0 Å². The van der Waals surface area contributed by atoms with Gasteiger partial charge in [0.05, 0.1) is 6.10 Å². The van der Waals surface area contributed by atoms with Crippen molar-refractivity contribution in [3.63, 3.8) is 0 Å². The number of aliphatic carboxylic acids is 1. The topological polar surface area (TPSA) is 58.6 Å². The fourth-order valence-electron chi connectivity index (χ4n) is 1.50. The molecule has 0 unspecified atom stereocenters. The van der Waals surface area contributed by atoms with Crippen LogP contribution >= 0.6 is 0 Å². The molecule has 17 heavy (non-hydrogen) atoms. The molecule has 0 aromatic rings. The highest BCUT2D eigenvalue weighted by Gasteiger charge is 1.96. The van der Waals surface area contributed by atoms with Gasteiger partial charge in [-0.15, -0.1) is 0 Å². The molecular weight excluding hydrogens is 218 g/mol. The van der Waals surface area contributed by atoms with E-state index in [2.05, 4.69) is 19.2 Å². The van der Waals surface area contributed by atoms with E-state index in [1.54, 1.807) is 0 Å². The van der Waals surface area contributed by atoms with E-state index in [-0.39, 0.29) is 0 Å². The van der Waals surface area contributed by atoms with Crippen LogP contribution in [0.4, 0.5) is 0 Å². The highest BCUT2D eigenvalue weighted by molar-refractivity contribution is 5.66. The van der Waals surface area contributed by atoms with Crippen molar-refractivity contribution in [3.05, 3.63) is 0 Å². The van der Waals surface area contributed by atoms with E-state index < -0.39 is 5.97 Å². The van der Waals surface area contributed by atoms with Gasteiger partial charge in [0, 0.05) is 13.0 Å². The fourth-order valence-corrected chi connectivity index (χ4v) is 1.50. The lowest BCUT2D eigenvalue weighted by atomic mass is 10.2. The standard InChI is InChI=1S/C13H27NO3/c1-12(2)17-11-7-6-10-14-9-5-3-4-8-13(15)16/h12,14H,3-11H2,1-2H3,(H,15,16). The first kappa shape index (κ1) is 16.4. The third kappa shape index (κ3) is 15.4. The fraction of sp³-hybridized carbons (Fsp3) is 0.923. The van der Waals surface area contributed by atoms with Gasteiger partial charge in [-0.05, 0) is 52.6 Å². The molecule has 0 fully saturated rings. The lowest BCUT2D eigenvalue weighted by Crippen LogP contribution is -2.17. The van der Waals surface area contributed by atoms with Gasteiger partial charge in [-0.25, -0.2) is 0 Å². The molecule has 0 radical (unpaired) electrons. The zero-order valence-electron chi connectivity index (χ0n) is 11.2. The quantitative estimate of drug-likeness (QED) is 0.518. The molecule has 0 spiro atoms. The molecule has 0 heterocycles. The maximum Gasteiger partial charge on any atom is 0.303 e. The summed E-state index contributed by atoms with van der Waals surface area (Å²) in [6, 6.07) is 0. The van der Waals surface area contributed by atoms with Crippen molar-refractivity contribution >= 4 is 5.97 Å². The minimum absolute atomic E-state index is 0.298. The molecule has 0 bridgehead atoms. The first-order valence-corrected chi connectivity index (χ1v) is 6.67. The Morgan fingerprint density at radius 3 is 2.35 bits per heavy atom. The van der Waals surface area contributed by atoms with E-state index in [0.29, 0.717) is 12.5 Å². The molecule has 0 aromatic heterocycles. The highest BCUT2D eigenvalue weighted by atomic mass is 16.5. The van der Waals surface area contributed by atoms with Crippen LogP contribution in [0.5, 0.6) is 0 Å². The number of carboxylic acids is 1. The van der Waals surface area contributed by atoms with Crippen molar-refractivity contribution in [2.75, 3.05) is 19.7 Å². The van der Waals surface area contributed by atoms with Crippen LogP contribution < -0.4 is 5.32 Å². The molecule has 0 saturated heterocycles. The van der Waals surface area contributed by atoms with Crippen molar-refractivity contribution in [3.8, 4) is 0 Å². The third-order valence-corrected chi connectivity index (χ3v) is 2.44. The van der Waals surface area contributed by atoms with E-state index in [9.17, 15) is 4.79 Å². The minimum atomic E-state index is -0.692. The van der Waals surface area contributed by atoms with Crippen molar-refractivity contribution in [1.29, 1.82) is 0 Å². The average Bonchev–Trinajstić information content (AvgIpc) is 2.25. The second-order valence-electron chi connectivity index (χ2n) is 4.58. The van der Waals surface area contributed by atoms with Gasteiger partial charge < -0.3 is 15.2 Å². The second-order valence-corrected chi connectivity index (χ2v) is 4.58. The predicted octanol–water partition coefficient (Wildman–Crippen LogP) is 2.43. The van der Waals surface area contributed by atoms with Crippen LogP contribution in [0.2, 0.25) is 0 Å². The van der Waals surface area contributed by atoms with Gasteiger partial charge in [-0.3, -0.25) is 4.79 Å². The molecule has 0 rings (SSSR count). The number of carboxylic acid groups (broad SMARTS) is 1. The summed E-state index contributed by atoms with van der Waals surface area (Å²) in [5.74, 6) is -0.692. The van der Waals surface area contributed by atoms with Crippen molar-refractivity contribution < 1.29 is 14.6 Å². The van der Waals surface area contributed by atoms with E-state index in [1.807, 2.05) is 0 Å². The van der Waals surface area contributed by atoms with E-state index in [0.717, 1.165) is 51.8 Å². The van der Waals surface area contributed by atoms with Crippen LogP contribution in [0, 0.1) is 0 Å². The van der Waals surface area contributed by atoms with Gasteiger partial charge in [-0.2, -0.15) is 0 Å². The summed E-state index contributed by atoms with van der Waals surface area (Å²) in [6.07, 6.45) is 5.72. The summed E-state index contributed by atoms with van der Waals surface area (Å²) in [5.41, 5.74) is 0. The summed E-state index contributed by atoms with van der Waals surface area (Å²) < 4.78 is 5.44. The van der Waals surface area contributed by atoms with E-state index in [1.165, 1.54) is 0 Å². The van der Waals surface area contributed by atoms with Gasteiger partial charge in [0.2, 0.25) is 0 Å². The Labute approximate surface area is 105 Å². The Kier molecular flexibility index (Phi) is 11.4. The molecule has 0 aliphatic heterocycles. The predicted molar refractivity (Wildman–Crippen MR) is 69.3 cm³/mol. The third-order valence-electron chi connectivity index (χ3n) is 2.44. The monoisotopic (exact) mass is 245 g/mol. The van der Waals surface area contributed by atoms with Gasteiger partial charge in [0.25, 0.3) is 0 Å². The Morgan fingerprint density at radius 1 is 1.12 bits per heavy atom. The molecule has 0 aliphatic carbocycles. The summed E-state index contributed by atoms with van der Waals surface area (Å²) in [7, 11) is 0. The van der Waals surface area contributed by atoms with E-state index in [4.69, 9.17) is 9.84 Å². The van der Waals surface area contributed by atoms with Gasteiger partial charge in [0.15, 0.2) is 0 Å². The zero-order valence-corrected chi connectivity index (χ0v) is 11.2. The average molecular weight is 245 g/mol. The van der Waals surface area contributed by atoms with Crippen molar-refractivity contribution in [1.82, 2.24) is 5.32 Å². The molecule has 4 nitrogen and oxygen atoms in total. The van der Waals surface area contributed by atoms with Crippen LogP contribution in [0.3, 0.4) is 0 Å². The summed E-state index contributed by atoms with van der Waals surface area (Å²) in [6.45, 7) is 6.97. The van der Waals surface area contributed by atoms with Crippen molar-refractivity contribution in [2.24, 2.45) is 0 Å². The maximum atomic E-state index is 10.3. The smallest absolute Gasteiger partial charge is 0.303 e. The number of hydrogen-bond donors (Lipinski definition) is 2. The molecule has 0 atom stereocenters. The molecule has 4 heteroatoms. The molecule has 2 N–H and O–H groups in total. The Bertz CT molecular complexity index is 184. The SMILES string of the molecule is CC(C)OCCCCNCCCCCC(=O)O. The number of ether oxygens (including phenoxy) is 1.